The third-order valence-corrected chi connectivity index (χ3v) is 2.67. The Morgan fingerprint density at radius 3 is 2.58 bits per heavy atom. The molecule has 0 unspecified atom stereocenters. The van der Waals surface area contributed by atoms with Crippen molar-refractivity contribution in [2.75, 3.05) is 12.4 Å². The Morgan fingerprint density at radius 1 is 1.21 bits per heavy atom. The number of rotatable bonds is 3. The standard InChI is InChI=1S/C14H14N2O3/c1-16-8-7-10(9-16)13(17)15-12-6-4-3-5-11(12)14(18)19-2/h3-9H,1-2H3,(H,15,17). The van der Waals surface area contributed by atoms with Crippen LogP contribution in [-0.4, -0.2) is 23.6 Å². The third-order valence-electron chi connectivity index (χ3n) is 2.67. The number of hydrogen-bond donors (Lipinski definition) is 1. The van der Waals surface area contributed by atoms with Crippen molar-refractivity contribution in [3.8, 4) is 0 Å². The molecule has 1 heterocycles. The lowest BCUT2D eigenvalue weighted by Gasteiger charge is -2.08. The number of aryl methyl sites for hydroxylation is 1. The number of esters is 1. The summed E-state index contributed by atoms with van der Waals surface area (Å²) in [5.74, 6) is -0.749. The highest BCUT2D eigenvalue weighted by Gasteiger charge is 2.14. The summed E-state index contributed by atoms with van der Waals surface area (Å²) in [5.41, 5.74) is 1.29. The van der Waals surface area contributed by atoms with E-state index in [1.165, 1.54) is 7.11 Å². The molecular formula is C14H14N2O3. The molecule has 5 heteroatoms. The Bertz CT molecular complexity index is 617. The van der Waals surface area contributed by atoms with E-state index in [2.05, 4.69) is 10.1 Å². The van der Waals surface area contributed by atoms with E-state index in [-0.39, 0.29) is 5.91 Å². The number of nitrogens with zero attached hydrogens (tertiary/aromatic N) is 1. The van der Waals surface area contributed by atoms with Crippen LogP contribution in [0.1, 0.15) is 20.7 Å². The van der Waals surface area contributed by atoms with Crippen molar-refractivity contribution in [1.29, 1.82) is 0 Å². The molecule has 1 amide bonds. The molecule has 1 N–H and O–H groups in total. The Hall–Kier alpha value is -2.56. The number of carbonyl (C=O) groups excluding carboxylic acids is 2. The minimum Gasteiger partial charge on any atom is -0.465 e. The zero-order valence-corrected chi connectivity index (χ0v) is 10.7. The lowest BCUT2D eigenvalue weighted by molar-refractivity contribution is 0.0602. The number of amides is 1. The summed E-state index contributed by atoms with van der Waals surface area (Å²) in [7, 11) is 3.14. The summed E-state index contributed by atoms with van der Waals surface area (Å²) >= 11 is 0. The van der Waals surface area contributed by atoms with Crippen molar-refractivity contribution in [3.63, 3.8) is 0 Å². The second-order valence-corrected chi connectivity index (χ2v) is 4.06. The number of nitrogens with one attached hydrogen (secondary N) is 1. The van der Waals surface area contributed by atoms with Gasteiger partial charge in [0.15, 0.2) is 0 Å². The maximum Gasteiger partial charge on any atom is 0.339 e. The zero-order valence-electron chi connectivity index (χ0n) is 10.7. The highest BCUT2D eigenvalue weighted by atomic mass is 16.5. The van der Waals surface area contributed by atoms with E-state index in [0.29, 0.717) is 16.8 Å². The molecule has 98 valence electrons. The zero-order chi connectivity index (χ0) is 13.8. The van der Waals surface area contributed by atoms with Crippen molar-refractivity contribution < 1.29 is 14.3 Å². The number of anilines is 1. The molecule has 0 atom stereocenters. The van der Waals surface area contributed by atoms with Gasteiger partial charge in [0.25, 0.3) is 5.91 Å². The van der Waals surface area contributed by atoms with Crippen molar-refractivity contribution in [2.45, 2.75) is 0 Å². The molecule has 1 aromatic carbocycles. The van der Waals surface area contributed by atoms with Gasteiger partial charge in [0, 0.05) is 19.4 Å². The maximum atomic E-state index is 12.0. The second kappa shape index (κ2) is 5.39. The molecule has 1 aromatic heterocycles. The topological polar surface area (TPSA) is 60.3 Å². The summed E-state index contributed by atoms with van der Waals surface area (Å²) in [6.45, 7) is 0. The van der Waals surface area contributed by atoms with Crippen molar-refractivity contribution >= 4 is 17.6 Å². The van der Waals surface area contributed by atoms with Crippen LogP contribution in [0.2, 0.25) is 0 Å². The Balaban J connectivity index is 2.24. The van der Waals surface area contributed by atoms with E-state index < -0.39 is 5.97 Å². The van der Waals surface area contributed by atoms with Gasteiger partial charge in [-0.2, -0.15) is 0 Å². The van der Waals surface area contributed by atoms with E-state index in [1.807, 2.05) is 7.05 Å². The van der Waals surface area contributed by atoms with Crippen LogP contribution in [0.25, 0.3) is 0 Å². The fraction of sp³-hybridized carbons (Fsp3) is 0.143. The van der Waals surface area contributed by atoms with Gasteiger partial charge >= 0.3 is 5.97 Å². The van der Waals surface area contributed by atoms with Crippen molar-refractivity contribution in [1.82, 2.24) is 4.57 Å². The SMILES string of the molecule is COC(=O)c1ccccc1NC(=O)c1ccn(C)c1. The average Bonchev–Trinajstić information content (AvgIpc) is 2.85. The first-order valence-corrected chi connectivity index (χ1v) is 5.72. The molecule has 0 fully saturated rings. The molecule has 0 radical (unpaired) electrons. The van der Waals surface area contributed by atoms with Crippen LogP contribution in [0.5, 0.6) is 0 Å². The molecule has 0 aliphatic rings. The third kappa shape index (κ3) is 2.82. The van der Waals surface area contributed by atoms with Gasteiger partial charge in [-0.25, -0.2) is 4.79 Å². The van der Waals surface area contributed by atoms with Crippen LogP contribution in [0.15, 0.2) is 42.7 Å². The molecule has 0 bridgehead atoms. The van der Waals surface area contributed by atoms with Crippen LogP contribution >= 0.6 is 0 Å². The van der Waals surface area contributed by atoms with Crippen LogP contribution in [0, 0.1) is 0 Å². The van der Waals surface area contributed by atoms with Crippen LogP contribution < -0.4 is 5.32 Å². The van der Waals surface area contributed by atoms with Gasteiger partial charge in [-0.3, -0.25) is 4.79 Å². The molecule has 2 rings (SSSR count). The Morgan fingerprint density at radius 2 is 1.95 bits per heavy atom. The van der Waals surface area contributed by atoms with E-state index in [0.717, 1.165) is 0 Å². The van der Waals surface area contributed by atoms with Gasteiger partial charge in [-0.15, -0.1) is 0 Å². The number of methoxy groups -OCH3 is 1. The van der Waals surface area contributed by atoms with E-state index in [4.69, 9.17) is 0 Å². The number of benzene rings is 1. The second-order valence-electron chi connectivity index (χ2n) is 4.06. The molecule has 0 saturated heterocycles. The molecule has 0 aliphatic heterocycles. The van der Waals surface area contributed by atoms with Gasteiger partial charge in [0.1, 0.15) is 0 Å². The van der Waals surface area contributed by atoms with Crippen LogP contribution in [-0.2, 0) is 11.8 Å². The highest BCUT2D eigenvalue weighted by molar-refractivity contribution is 6.07. The number of ether oxygens (including phenoxy) is 1. The van der Waals surface area contributed by atoms with Gasteiger partial charge in [-0.05, 0) is 18.2 Å². The molecule has 0 saturated carbocycles. The maximum absolute atomic E-state index is 12.0. The minimum absolute atomic E-state index is 0.267. The Labute approximate surface area is 110 Å². The first-order chi connectivity index (χ1) is 9.11. The van der Waals surface area contributed by atoms with E-state index >= 15 is 0 Å². The Kier molecular flexibility index (Phi) is 3.66. The average molecular weight is 258 g/mol. The molecular weight excluding hydrogens is 244 g/mol. The molecule has 0 spiro atoms. The lowest BCUT2D eigenvalue weighted by atomic mass is 10.1. The minimum atomic E-state index is -0.482. The van der Waals surface area contributed by atoms with Crippen LogP contribution in [0.4, 0.5) is 5.69 Å². The van der Waals surface area contributed by atoms with Gasteiger partial charge < -0.3 is 14.6 Å². The fourth-order valence-corrected chi connectivity index (χ4v) is 1.71. The number of para-hydroxylation sites is 1. The fourth-order valence-electron chi connectivity index (χ4n) is 1.71. The molecule has 2 aromatic rings. The van der Waals surface area contributed by atoms with Crippen LogP contribution in [0.3, 0.4) is 0 Å². The van der Waals surface area contributed by atoms with Crippen molar-refractivity contribution in [2.24, 2.45) is 7.05 Å². The summed E-state index contributed by atoms with van der Waals surface area (Å²) in [6.07, 6.45) is 3.48. The number of hydrogen-bond acceptors (Lipinski definition) is 3. The first-order valence-electron chi connectivity index (χ1n) is 5.72. The quantitative estimate of drug-likeness (QED) is 0.857. The summed E-state index contributed by atoms with van der Waals surface area (Å²) in [5, 5.41) is 2.70. The summed E-state index contributed by atoms with van der Waals surface area (Å²) in [4.78, 5) is 23.6. The number of aromatic nitrogens is 1. The normalized spacial score (nSPS) is 10.0. The first kappa shape index (κ1) is 12.9. The van der Waals surface area contributed by atoms with Gasteiger partial charge in [-0.1, -0.05) is 12.1 Å². The largest absolute Gasteiger partial charge is 0.465 e. The molecule has 0 aliphatic carbocycles. The molecule has 19 heavy (non-hydrogen) atoms. The smallest absolute Gasteiger partial charge is 0.339 e. The predicted octanol–water partition coefficient (Wildman–Crippen LogP) is 2.06. The highest BCUT2D eigenvalue weighted by Crippen LogP contribution is 2.17. The predicted molar refractivity (Wildman–Crippen MR) is 71.1 cm³/mol. The summed E-state index contributed by atoms with van der Waals surface area (Å²) in [6, 6.07) is 8.42. The lowest BCUT2D eigenvalue weighted by Crippen LogP contribution is -2.14. The summed E-state index contributed by atoms with van der Waals surface area (Å²) < 4.78 is 6.45. The molecule has 5 nitrogen and oxygen atoms in total. The van der Waals surface area contributed by atoms with Gasteiger partial charge in [0.05, 0.1) is 23.9 Å². The van der Waals surface area contributed by atoms with Gasteiger partial charge in [0.2, 0.25) is 0 Å². The van der Waals surface area contributed by atoms with Crippen molar-refractivity contribution in [3.05, 3.63) is 53.9 Å². The van der Waals surface area contributed by atoms with E-state index in [9.17, 15) is 9.59 Å². The number of carbonyl (C=O) groups is 2. The monoisotopic (exact) mass is 258 g/mol. The van der Waals surface area contributed by atoms with E-state index in [1.54, 1.807) is 47.3 Å².